The minimum absolute atomic E-state index is 0.266. The molecule has 27 heavy (non-hydrogen) atoms. The van der Waals surface area contributed by atoms with Crippen molar-refractivity contribution in [2.45, 2.75) is 27.7 Å². The first-order chi connectivity index (χ1) is 12.3. The van der Waals surface area contributed by atoms with Gasteiger partial charge in [-0.05, 0) is 66.3 Å². The summed E-state index contributed by atoms with van der Waals surface area (Å²) in [5.74, 6) is -0.855. The molecular weight excluding hydrogens is 414 g/mol. The predicted octanol–water partition coefficient (Wildman–Crippen LogP) is 6.05. The Hall–Kier alpha value is -2.01. The highest BCUT2D eigenvalue weighted by atomic mass is 32.2. The lowest BCUT2D eigenvalue weighted by Crippen LogP contribution is -2.13. The Bertz CT molecular complexity index is 818. The summed E-state index contributed by atoms with van der Waals surface area (Å²) >= 11 is -1.19. The molecule has 0 radical (unpaired) electrons. The molecule has 146 valence electrons. The number of carbonyl (C=O) groups is 1. The molecule has 0 fully saturated rings. The Morgan fingerprint density at radius 1 is 0.926 bits per heavy atom. The van der Waals surface area contributed by atoms with E-state index in [2.05, 4.69) is 5.32 Å². The van der Waals surface area contributed by atoms with Crippen LogP contribution < -0.4 is 11.1 Å². The number of thioether (sulfide) groups is 2. The SMILES string of the molecule is Cc1ccc(NC(=O)c2cc(SC(F)(F)F)cc(SC(F)(F)F)c2)cc1N. The second-order valence-electron chi connectivity index (χ2n) is 5.31. The molecule has 0 aliphatic heterocycles. The highest BCUT2D eigenvalue weighted by Crippen LogP contribution is 2.42. The average molecular weight is 426 g/mol. The van der Waals surface area contributed by atoms with Crippen LogP contribution in [0.2, 0.25) is 0 Å². The highest BCUT2D eigenvalue weighted by molar-refractivity contribution is 8.01. The number of aryl methyl sites for hydroxylation is 1. The Labute approximate surface area is 158 Å². The number of anilines is 2. The van der Waals surface area contributed by atoms with Crippen LogP contribution in [0.25, 0.3) is 0 Å². The first-order valence-electron chi connectivity index (χ1n) is 7.16. The standard InChI is InChI=1S/C16H12F6N2OS2/c1-8-2-3-10(6-13(8)23)24-14(25)9-4-11(26-15(17,18)19)7-12(5-9)27-16(20,21)22/h2-7H,23H2,1H3,(H,24,25). The van der Waals surface area contributed by atoms with Crippen LogP contribution in [0.5, 0.6) is 0 Å². The summed E-state index contributed by atoms with van der Waals surface area (Å²) < 4.78 is 75.6. The monoisotopic (exact) mass is 426 g/mol. The normalized spacial score (nSPS) is 12.1. The number of carbonyl (C=O) groups excluding carboxylic acids is 1. The van der Waals surface area contributed by atoms with Gasteiger partial charge in [0.15, 0.2) is 0 Å². The topological polar surface area (TPSA) is 55.1 Å². The number of nitrogen functional groups attached to an aromatic ring is 1. The molecule has 0 saturated heterocycles. The van der Waals surface area contributed by atoms with E-state index in [0.29, 0.717) is 5.69 Å². The zero-order valence-electron chi connectivity index (χ0n) is 13.5. The number of hydrogen-bond donors (Lipinski definition) is 2. The third-order valence-corrected chi connectivity index (χ3v) is 4.55. The maximum atomic E-state index is 12.6. The van der Waals surface area contributed by atoms with Crippen LogP contribution in [-0.4, -0.2) is 16.9 Å². The molecule has 0 aliphatic rings. The van der Waals surface area contributed by atoms with E-state index in [9.17, 15) is 31.1 Å². The molecule has 0 heterocycles. The van der Waals surface area contributed by atoms with Gasteiger partial charge in [-0.15, -0.1) is 0 Å². The molecule has 3 nitrogen and oxygen atoms in total. The number of amides is 1. The van der Waals surface area contributed by atoms with Crippen LogP contribution in [0.15, 0.2) is 46.2 Å². The average Bonchev–Trinajstić information content (AvgIpc) is 2.47. The molecule has 2 aromatic rings. The number of halogens is 6. The van der Waals surface area contributed by atoms with Crippen molar-refractivity contribution in [3.8, 4) is 0 Å². The number of nitrogens with two attached hydrogens (primary N) is 1. The summed E-state index contributed by atoms with van der Waals surface area (Å²) in [4.78, 5) is 11.3. The van der Waals surface area contributed by atoms with Gasteiger partial charge in [0, 0.05) is 26.7 Å². The van der Waals surface area contributed by atoms with Crippen molar-refractivity contribution in [1.82, 2.24) is 0 Å². The smallest absolute Gasteiger partial charge is 0.398 e. The van der Waals surface area contributed by atoms with Gasteiger partial charge >= 0.3 is 11.0 Å². The number of benzene rings is 2. The van der Waals surface area contributed by atoms with Crippen LogP contribution in [0.3, 0.4) is 0 Å². The lowest BCUT2D eigenvalue weighted by Gasteiger charge is -2.13. The molecule has 0 spiro atoms. The van der Waals surface area contributed by atoms with Gasteiger partial charge in [0.2, 0.25) is 0 Å². The maximum Gasteiger partial charge on any atom is 0.446 e. The minimum Gasteiger partial charge on any atom is -0.398 e. The van der Waals surface area contributed by atoms with E-state index >= 15 is 0 Å². The lowest BCUT2D eigenvalue weighted by atomic mass is 10.1. The van der Waals surface area contributed by atoms with Crippen LogP contribution in [0.4, 0.5) is 37.7 Å². The van der Waals surface area contributed by atoms with Crippen molar-refractivity contribution in [3.05, 3.63) is 47.5 Å². The van der Waals surface area contributed by atoms with E-state index in [1.54, 1.807) is 13.0 Å². The van der Waals surface area contributed by atoms with Gasteiger partial charge in [-0.3, -0.25) is 4.79 Å². The number of alkyl halides is 6. The zero-order valence-corrected chi connectivity index (χ0v) is 15.2. The van der Waals surface area contributed by atoms with E-state index in [-0.39, 0.29) is 11.3 Å². The highest BCUT2D eigenvalue weighted by Gasteiger charge is 2.32. The summed E-state index contributed by atoms with van der Waals surface area (Å²) in [7, 11) is 0. The van der Waals surface area contributed by atoms with Gasteiger partial charge < -0.3 is 11.1 Å². The Kier molecular flexibility index (Phi) is 6.25. The third kappa shape index (κ3) is 6.90. The third-order valence-electron chi connectivity index (χ3n) is 3.15. The molecule has 1 amide bonds. The Morgan fingerprint density at radius 3 is 1.89 bits per heavy atom. The fraction of sp³-hybridized carbons (Fsp3) is 0.188. The molecule has 0 saturated carbocycles. The Balaban J connectivity index is 2.34. The summed E-state index contributed by atoms with van der Waals surface area (Å²) in [5, 5.41) is 2.41. The minimum atomic E-state index is -4.71. The van der Waals surface area contributed by atoms with Gasteiger partial charge in [0.1, 0.15) is 0 Å². The molecule has 0 atom stereocenters. The van der Waals surface area contributed by atoms with E-state index in [1.165, 1.54) is 12.1 Å². The largest absolute Gasteiger partial charge is 0.446 e. The van der Waals surface area contributed by atoms with E-state index in [1.807, 2.05) is 0 Å². The molecule has 2 rings (SSSR count). The first kappa shape index (κ1) is 21.3. The zero-order chi connectivity index (χ0) is 20.4. The van der Waals surface area contributed by atoms with Crippen LogP contribution in [-0.2, 0) is 0 Å². The molecule has 3 N–H and O–H groups in total. The van der Waals surface area contributed by atoms with Gasteiger partial charge in [0.05, 0.1) is 0 Å². The van der Waals surface area contributed by atoms with Crippen LogP contribution in [0, 0.1) is 6.92 Å². The molecule has 0 bridgehead atoms. The van der Waals surface area contributed by atoms with Crippen molar-refractivity contribution in [2.24, 2.45) is 0 Å². The lowest BCUT2D eigenvalue weighted by molar-refractivity contribution is -0.0334. The molecular formula is C16H12F6N2OS2. The molecule has 0 aromatic heterocycles. The van der Waals surface area contributed by atoms with Crippen molar-refractivity contribution in [1.29, 1.82) is 0 Å². The van der Waals surface area contributed by atoms with Gasteiger partial charge in [-0.25, -0.2) is 0 Å². The van der Waals surface area contributed by atoms with Gasteiger partial charge in [-0.2, -0.15) is 26.3 Å². The Morgan fingerprint density at radius 2 is 1.44 bits per heavy atom. The quantitative estimate of drug-likeness (QED) is 0.355. The summed E-state index contributed by atoms with van der Waals surface area (Å²) in [6, 6.07) is 7.07. The van der Waals surface area contributed by atoms with E-state index in [0.717, 1.165) is 23.8 Å². The van der Waals surface area contributed by atoms with Crippen molar-refractivity contribution >= 4 is 40.8 Å². The van der Waals surface area contributed by atoms with Gasteiger partial charge in [-0.1, -0.05) is 6.07 Å². The molecule has 11 heteroatoms. The van der Waals surface area contributed by atoms with E-state index < -0.39 is 50.2 Å². The first-order valence-corrected chi connectivity index (χ1v) is 8.80. The molecule has 2 aromatic carbocycles. The number of rotatable bonds is 4. The van der Waals surface area contributed by atoms with E-state index in [4.69, 9.17) is 5.73 Å². The summed E-state index contributed by atoms with van der Waals surface area (Å²) in [5.41, 5.74) is -2.65. The van der Waals surface area contributed by atoms with Crippen molar-refractivity contribution in [2.75, 3.05) is 11.1 Å². The van der Waals surface area contributed by atoms with Gasteiger partial charge in [0.25, 0.3) is 5.91 Å². The number of nitrogens with one attached hydrogen (secondary N) is 1. The summed E-state index contributed by atoms with van der Waals surface area (Å²) in [6.07, 6.45) is 0. The maximum absolute atomic E-state index is 12.6. The second kappa shape index (κ2) is 7.93. The number of hydrogen-bond acceptors (Lipinski definition) is 4. The molecule has 0 unspecified atom stereocenters. The van der Waals surface area contributed by atoms with Crippen molar-refractivity contribution < 1.29 is 31.1 Å². The fourth-order valence-electron chi connectivity index (χ4n) is 2.01. The fourth-order valence-corrected chi connectivity index (χ4v) is 3.36. The van der Waals surface area contributed by atoms with Crippen LogP contribution >= 0.6 is 23.5 Å². The summed E-state index contributed by atoms with van der Waals surface area (Å²) in [6.45, 7) is 1.74. The second-order valence-corrected chi connectivity index (χ2v) is 7.59. The molecule has 0 aliphatic carbocycles. The predicted molar refractivity (Wildman–Crippen MR) is 93.8 cm³/mol. The van der Waals surface area contributed by atoms with Crippen molar-refractivity contribution in [3.63, 3.8) is 0 Å². The van der Waals surface area contributed by atoms with Crippen LogP contribution in [0.1, 0.15) is 15.9 Å².